The van der Waals surface area contributed by atoms with Crippen molar-refractivity contribution in [2.24, 2.45) is 0 Å². The van der Waals surface area contributed by atoms with Crippen LogP contribution in [0.4, 0.5) is 0 Å². The molecule has 0 aliphatic carbocycles. The molecule has 14 aromatic rings. The first-order valence-corrected chi connectivity index (χ1v) is 22.0. The van der Waals surface area contributed by atoms with Crippen LogP contribution in [0.5, 0.6) is 0 Å². The monoisotopic (exact) mass is 820 g/mol. The summed E-state index contributed by atoms with van der Waals surface area (Å²) in [5.41, 5.74) is 7.74. The molecule has 14 rings (SSSR count). The summed E-state index contributed by atoms with van der Waals surface area (Å²) in [5.74, 6) is 1.80. The van der Waals surface area contributed by atoms with Gasteiger partial charge in [-0.3, -0.25) is 0 Å². The largest absolute Gasteiger partial charge is 0.455 e. The Kier molecular flexibility index (Phi) is 7.21. The molecule has 0 spiro atoms. The van der Waals surface area contributed by atoms with Crippen molar-refractivity contribution >= 4 is 108 Å². The van der Waals surface area contributed by atoms with Gasteiger partial charge in [-0.1, -0.05) is 158 Å². The smallest absolute Gasteiger partial charge is 0.167 e. The first-order valence-electron chi connectivity index (χ1n) is 21.2. The molecule has 0 saturated carbocycles. The van der Waals surface area contributed by atoms with Crippen LogP contribution in [-0.2, 0) is 0 Å². The van der Waals surface area contributed by atoms with Crippen LogP contribution in [0.15, 0.2) is 199 Å². The third kappa shape index (κ3) is 5.07. The second kappa shape index (κ2) is 13.2. The van der Waals surface area contributed by atoms with E-state index in [1.807, 2.05) is 18.2 Å². The van der Waals surface area contributed by atoms with E-state index >= 15 is 0 Å². The summed E-state index contributed by atoms with van der Waals surface area (Å²) in [6, 6.07) is 69.1. The summed E-state index contributed by atoms with van der Waals surface area (Å²) in [4.78, 5) is 15.7. The molecule has 0 atom stereocenters. The third-order valence-electron chi connectivity index (χ3n) is 12.8. The van der Waals surface area contributed by atoms with Crippen LogP contribution in [0.25, 0.3) is 136 Å². The minimum absolute atomic E-state index is 0.562. The van der Waals surface area contributed by atoms with Crippen LogP contribution < -0.4 is 0 Å². The highest BCUT2D eigenvalue weighted by molar-refractivity contribution is 7.26. The van der Waals surface area contributed by atoms with Crippen molar-refractivity contribution in [3.8, 4) is 39.9 Å². The van der Waals surface area contributed by atoms with Crippen LogP contribution in [0, 0.1) is 0 Å². The molecule has 0 unspecified atom stereocenters. The number of furan rings is 1. The molecular formula is C57H32N4OS. The van der Waals surface area contributed by atoms with Crippen LogP contribution in [0.2, 0.25) is 0 Å². The molecule has 0 fully saturated rings. The molecule has 63 heavy (non-hydrogen) atoms. The highest BCUT2D eigenvalue weighted by atomic mass is 32.1. The van der Waals surface area contributed by atoms with Gasteiger partial charge in [-0.05, 0) is 52.6 Å². The van der Waals surface area contributed by atoms with Crippen LogP contribution in [0.1, 0.15) is 0 Å². The Bertz CT molecular complexity index is 4220. The molecule has 4 aromatic heterocycles. The average molecular weight is 821 g/mol. The van der Waals surface area contributed by atoms with Crippen molar-refractivity contribution in [2.75, 3.05) is 0 Å². The Morgan fingerprint density at radius 1 is 0.381 bits per heavy atom. The molecule has 0 amide bonds. The van der Waals surface area contributed by atoms with Crippen LogP contribution in [-0.4, -0.2) is 19.5 Å². The van der Waals surface area contributed by atoms with E-state index in [-0.39, 0.29) is 0 Å². The van der Waals surface area contributed by atoms with Crippen molar-refractivity contribution < 1.29 is 4.42 Å². The molecule has 0 radical (unpaired) electrons. The second-order valence-electron chi connectivity index (χ2n) is 16.3. The molecular weight excluding hydrogens is 789 g/mol. The van der Waals surface area contributed by atoms with E-state index in [0.29, 0.717) is 17.5 Å². The molecule has 10 aromatic carbocycles. The number of rotatable bonds is 4. The first-order chi connectivity index (χ1) is 31.2. The lowest BCUT2D eigenvalue weighted by Gasteiger charge is -2.14. The molecule has 5 nitrogen and oxygen atoms in total. The highest BCUT2D eigenvalue weighted by Crippen LogP contribution is 2.45. The van der Waals surface area contributed by atoms with E-state index in [2.05, 4.69) is 180 Å². The summed E-state index contributed by atoms with van der Waals surface area (Å²) in [6.07, 6.45) is 0. The molecule has 4 heterocycles. The Hall–Kier alpha value is -8.19. The maximum absolute atomic E-state index is 7.12. The zero-order valence-electron chi connectivity index (χ0n) is 33.6. The lowest BCUT2D eigenvalue weighted by molar-refractivity contribution is 0.673. The minimum Gasteiger partial charge on any atom is -0.455 e. The molecule has 0 aliphatic heterocycles. The first kappa shape index (κ1) is 34.5. The van der Waals surface area contributed by atoms with Crippen molar-refractivity contribution in [3.05, 3.63) is 194 Å². The topological polar surface area (TPSA) is 56.7 Å². The Morgan fingerprint density at radius 3 is 1.84 bits per heavy atom. The van der Waals surface area contributed by atoms with Gasteiger partial charge >= 0.3 is 0 Å². The number of hydrogen-bond acceptors (Lipinski definition) is 5. The van der Waals surface area contributed by atoms with Crippen molar-refractivity contribution in [1.29, 1.82) is 0 Å². The SMILES string of the molecule is c1ccc(-c2nc(-c3cccc4c3oc3c5ccccc5c(-n5c6cc7ccccc7cc6c6ccc7ccccc7c65)cc43)nc(-c3cccc4c3sc3ccccc34)n2)cc1. The van der Waals surface area contributed by atoms with E-state index < -0.39 is 0 Å². The van der Waals surface area contributed by atoms with Gasteiger partial charge in [-0.15, -0.1) is 11.3 Å². The Morgan fingerprint density at radius 2 is 1.00 bits per heavy atom. The molecule has 0 saturated heterocycles. The normalized spacial score (nSPS) is 12.1. The summed E-state index contributed by atoms with van der Waals surface area (Å²) >= 11 is 1.77. The maximum atomic E-state index is 7.12. The maximum Gasteiger partial charge on any atom is 0.167 e. The van der Waals surface area contributed by atoms with E-state index in [0.717, 1.165) is 65.3 Å². The lowest BCUT2D eigenvalue weighted by atomic mass is 10.0. The lowest BCUT2D eigenvalue weighted by Crippen LogP contribution is -2.00. The average Bonchev–Trinajstić information content (AvgIpc) is 4.03. The number of fused-ring (bicyclic) bond motifs is 14. The van der Waals surface area contributed by atoms with E-state index in [4.69, 9.17) is 19.4 Å². The van der Waals surface area contributed by atoms with Crippen molar-refractivity contribution in [3.63, 3.8) is 0 Å². The molecule has 6 heteroatoms. The number of benzene rings is 10. The minimum atomic E-state index is 0.562. The summed E-state index contributed by atoms with van der Waals surface area (Å²) in [7, 11) is 0. The molecule has 292 valence electrons. The van der Waals surface area contributed by atoms with E-state index in [1.165, 1.54) is 53.3 Å². The summed E-state index contributed by atoms with van der Waals surface area (Å²) in [5, 5.41) is 13.9. The number of aromatic nitrogens is 4. The van der Waals surface area contributed by atoms with Gasteiger partial charge in [0.15, 0.2) is 17.5 Å². The van der Waals surface area contributed by atoms with E-state index in [9.17, 15) is 0 Å². The number of para-hydroxylation sites is 1. The van der Waals surface area contributed by atoms with Gasteiger partial charge in [-0.25, -0.2) is 15.0 Å². The fourth-order valence-electron chi connectivity index (χ4n) is 9.93. The second-order valence-corrected chi connectivity index (χ2v) is 17.3. The molecule has 0 bridgehead atoms. The summed E-state index contributed by atoms with van der Waals surface area (Å²) in [6.45, 7) is 0. The van der Waals surface area contributed by atoms with Gasteiger partial charge in [0.25, 0.3) is 0 Å². The van der Waals surface area contributed by atoms with Crippen LogP contribution >= 0.6 is 11.3 Å². The fourth-order valence-corrected chi connectivity index (χ4v) is 11.1. The van der Waals surface area contributed by atoms with Gasteiger partial charge in [0.2, 0.25) is 0 Å². The number of nitrogens with zero attached hydrogens (tertiary/aromatic N) is 4. The highest BCUT2D eigenvalue weighted by Gasteiger charge is 2.23. The fraction of sp³-hybridized carbons (Fsp3) is 0. The van der Waals surface area contributed by atoms with Gasteiger partial charge < -0.3 is 8.98 Å². The molecule has 0 N–H and O–H groups in total. The van der Waals surface area contributed by atoms with Gasteiger partial charge in [0.1, 0.15) is 11.2 Å². The van der Waals surface area contributed by atoms with Crippen molar-refractivity contribution in [1.82, 2.24) is 19.5 Å². The predicted molar refractivity (Wildman–Crippen MR) is 263 cm³/mol. The van der Waals surface area contributed by atoms with Gasteiger partial charge in [0.05, 0.1) is 22.3 Å². The quantitative estimate of drug-likeness (QED) is 0.177. The number of thiophene rings is 1. The zero-order valence-corrected chi connectivity index (χ0v) is 34.4. The van der Waals surface area contributed by atoms with Gasteiger partial charge in [0, 0.05) is 69.0 Å². The van der Waals surface area contributed by atoms with E-state index in [1.54, 1.807) is 11.3 Å². The zero-order chi connectivity index (χ0) is 41.2. The van der Waals surface area contributed by atoms with Gasteiger partial charge in [-0.2, -0.15) is 0 Å². The Labute approximate surface area is 363 Å². The third-order valence-corrected chi connectivity index (χ3v) is 14.0. The Balaban J connectivity index is 1.06. The van der Waals surface area contributed by atoms with Crippen LogP contribution in [0.3, 0.4) is 0 Å². The number of hydrogen-bond donors (Lipinski definition) is 0. The summed E-state index contributed by atoms with van der Waals surface area (Å²) < 4.78 is 12.0. The predicted octanol–water partition coefficient (Wildman–Crippen LogP) is 15.7. The standard InChI is InChI=1S/C57H32N4OS/c1-2-15-34(16-3-1)55-58-56(60-57(59-55)45-26-13-24-43-39-21-10-11-27-50(39)63-54(43)45)44-25-12-23-42-47-32-49(38-20-8-9-22-41(38)53(47)62-52(42)44)61-48-31-36-18-5-4-17-35(36)30-46(48)40-29-28-33-14-6-7-19-37(33)51(40)61/h1-32H. The molecule has 0 aliphatic rings. The van der Waals surface area contributed by atoms with Crippen molar-refractivity contribution in [2.45, 2.75) is 0 Å².